The van der Waals surface area contributed by atoms with E-state index in [1.54, 1.807) is 18.2 Å². The Kier molecular flexibility index (Phi) is 20.2. The second-order valence-corrected chi connectivity index (χ2v) is 7.93. The van der Waals surface area contributed by atoms with Crippen LogP contribution in [0.3, 0.4) is 0 Å². The molecule has 0 saturated carbocycles. The Bertz CT molecular complexity index is 778. The van der Waals surface area contributed by atoms with Crippen LogP contribution in [0.2, 0.25) is 0 Å². The highest BCUT2D eigenvalue weighted by molar-refractivity contribution is 5.27. The zero-order valence-corrected chi connectivity index (χ0v) is 21.3. The van der Waals surface area contributed by atoms with Crippen molar-refractivity contribution in [2.75, 3.05) is 26.2 Å². The van der Waals surface area contributed by atoms with Crippen LogP contribution >= 0.6 is 0 Å². The van der Waals surface area contributed by atoms with Gasteiger partial charge in [-0.3, -0.25) is 0 Å². The molecular weight excluding hydrogens is 445 g/mol. The molecule has 0 saturated heterocycles. The van der Waals surface area contributed by atoms with Gasteiger partial charge in [-0.15, -0.1) is 0 Å². The molecule has 194 valence electrons. The van der Waals surface area contributed by atoms with E-state index in [2.05, 4.69) is 67.7 Å². The molecule has 0 aromatic carbocycles. The largest absolute Gasteiger partial charge is 0.416 e. The number of hydrogen-bond acceptors (Lipinski definition) is 2. The van der Waals surface area contributed by atoms with Crippen molar-refractivity contribution in [2.45, 2.75) is 51.6 Å². The standard InChI is InChI=1S/C30H43F3N2/c1-5-9-10-11-12-13-14-15-20-28(21-18-24-35-25-27(7-3)19-6-2)26-34-23-17-16-22-29(8-4)30(31,32)33/h6-8,13-14,16-22,34-35H,2-5,9-12,15,23-26H2,1H3/b14-13+,17-16+,21-18-,27-19+,28-20+,29-22+. The maximum atomic E-state index is 12.7. The number of allylic oxidation sites excluding steroid dienone is 9. The molecule has 35 heavy (non-hydrogen) atoms. The maximum Gasteiger partial charge on any atom is 0.416 e. The first-order chi connectivity index (χ1) is 16.9. The van der Waals surface area contributed by atoms with E-state index < -0.39 is 11.7 Å². The maximum absolute atomic E-state index is 12.7. The zero-order chi connectivity index (χ0) is 26.2. The summed E-state index contributed by atoms with van der Waals surface area (Å²) in [5.74, 6) is 0. The van der Waals surface area contributed by atoms with Crippen molar-refractivity contribution < 1.29 is 13.2 Å². The highest BCUT2D eigenvalue weighted by Crippen LogP contribution is 2.25. The molecule has 5 heteroatoms. The van der Waals surface area contributed by atoms with Crippen LogP contribution in [0.25, 0.3) is 0 Å². The summed E-state index contributed by atoms with van der Waals surface area (Å²) in [4.78, 5) is 0. The summed E-state index contributed by atoms with van der Waals surface area (Å²) in [6, 6.07) is 0. The fraction of sp³-hybridized carbons (Fsp3) is 0.400. The predicted octanol–water partition coefficient (Wildman–Crippen LogP) is 8.09. The Labute approximate surface area is 211 Å². The van der Waals surface area contributed by atoms with Crippen molar-refractivity contribution in [2.24, 2.45) is 0 Å². The van der Waals surface area contributed by atoms with Crippen molar-refractivity contribution in [1.82, 2.24) is 10.6 Å². The van der Waals surface area contributed by atoms with E-state index in [9.17, 15) is 13.2 Å². The first-order valence-corrected chi connectivity index (χ1v) is 12.3. The van der Waals surface area contributed by atoms with Gasteiger partial charge in [-0.25, -0.2) is 0 Å². The van der Waals surface area contributed by atoms with Crippen LogP contribution in [0.1, 0.15) is 45.4 Å². The van der Waals surface area contributed by atoms with Gasteiger partial charge >= 0.3 is 6.18 Å². The number of hydrogen-bond donors (Lipinski definition) is 2. The van der Waals surface area contributed by atoms with Crippen LogP contribution in [0.15, 0.2) is 109 Å². The first kappa shape index (κ1) is 32.4. The Morgan fingerprint density at radius 3 is 2.14 bits per heavy atom. The van der Waals surface area contributed by atoms with Crippen LogP contribution in [0, 0.1) is 0 Å². The average molecular weight is 489 g/mol. The van der Waals surface area contributed by atoms with Crippen molar-refractivity contribution in [3.8, 4) is 0 Å². The topological polar surface area (TPSA) is 24.1 Å². The molecule has 0 rings (SSSR count). The van der Waals surface area contributed by atoms with E-state index in [0.29, 0.717) is 26.2 Å². The van der Waals surface area contributed by atoms with E-state index in [4.69, 9.17) is 0 Å². The Morgan fingerprint density at radius 1 is 0.800 bits per heavy atom. The lowest BCUT2D eigenvalue weighted by atomic mass is 10.1. The minimum absolute atomic E-state index is 0.463. The van der Waals surface area contributed by atoms with Crippen molar-refractivity contribution in [1.29, 1.82) is 0 Å². The molecule has 2 N–H and O–H groups in total. The smallest absolute Gasteiger partial charge is 0.309 e. The molecule has 0 heterocycles. The fourth-order valence-corrected chi connectivity index (χ4v) is 3.00. The molecule has 2 nitrogen and oxygen atoms in total. The molecule has 0 amide bonds. The molecule has 0 aliphatic rings. The van der Waals surface area contributed by atoms with Gasteiger partial charge < -0.3 is 10.6 Å². The summed E-state index contributed by atoms with van der Waals surface area (Å²) in [5, 5.41) is 6.59. The number of alkyl halides is 3. The fourth-order valence-electron chi connectivity index (χ4n) is 3.00. The molecule has 0 aromatic heterocycles. The van der Waals surface area contributed by atoms with Gasteiger partial charge in [0.2, 0.25) is 0 Å². The summed E-state index contributed by atoms with van der Waals surface area (Å²) >= 11 is 0. The van der Waals surface area contributed by atoms with Gasteiger partial charge in [-0.1, -0.05) is 119 Å². The monoisotopic (exact) mass is 488 g/mol. The molecule has 0 bridgehead atoms. The van der Waals surface area contributed by atoms with E-state index in [0.717, 1.165) is 36.1 Å². The highest BCUT2D eigenvalue weighted by atomic mass is 19.4. The molecule has 0 atom stereocenters. The lowest BCUT2D eigenvalue weighted by Crippen LogP contribution is -2.18. The SMILES string of the molecule is C=C/C=C(\C=C)CNC/C=C\C(=C/C/C=C/CCCCCC)CNC/C=C/C=C(\C=C)C(F)(F)F. The van der Waals surface area contributed by atoms with Crippen molar-refractivity contribution in [3.05, 3.63) is 109 Å². The molecular formula is C30H43F3N2. The Balaban J connectivity index is 4.79. The molecule has 0 radical (unpaired) electrons. The van der Waals surface area contributed by atoms with Gasteiger partial charge in [0.15, 0.2) is 0 Å². The summed E-state index contributed by atoms with van der Waals surface area (Å²) in [7, 11) is 0. The van der Waals surface area contributed by atoms with Crippen LogP contribution in [0.4, 0.5) is 13.2 Å². The summed E-state index contributed by atoms with van der Waals surface area (Å²) in [5.41, 5.74) is 1.44. The van der Waals surface area contributed by atoms with Crippen LogP contribution in [-0.2, 0) is 0 Å². The third-order valence-electron chi connectivity index (χ3n) is 4.97. The number of rotatable bonds is 20. The van der Waals surface area contributed by atoms with Crippen LogP contribution in [-0.4, -0.2) is 32.4 Å². The summed E-state index contributed by atoms with van der Waals surface area (Å²) < 4.78 is 38.1. The van der Waals surface area contributed by atoms with E-state index in [-0.39, 0.29) is 0 Å². The zero-order valence-electron chi connectivity index (χ0n) is 21.3. The quantitative estimate of drug-likeness (QED) is 0.103. The number of nitrogens with one attached hydrogen (secondary N) is 2. The lowest BCUT2D eigenvalue weighted by molar-refractivity contribution is -0.0881. The molecule has 0 aromatic rings. The summed E-state index contributed by atoms with van der Waals surface area (Å²) in [6.07, 6.45) is 23.7. The van der Waals surface area contributed by atoms with E-state index in [1.165, 1.54) is 31.8 Å². The highest BCUT2D eigenvalue weighted by Gasteiger charge is 2.30. The van der Waals surface area contributed by atoms with Gasteiger partial charge in [0.1, 0.15) is 0 Å². The van der Waals surface area contributed by atoms with Gasteiger partial charge in [-0.05, 0) is 30.4 Å². The Hall–Kier alpha value is -2.63. The molecule has 0 spiro atoms. The molecule has 0 aliphatic heterocycles. The number of halogens is 3. The molecule has 0 aliphatic carbocycles. The third kappa shape index (κ3) is 19.4. The van der Waals surface area contributed by atoms with Crippen molar-refractivity contribution in [3.63, 3.8) is 0 Å². The minimum atomic E-state index is -4.38. The second kappa shape index (κ2) is 21.9. The third-order valence-corrected chi connectivity index (χ3v) is 4.97. The van der Waals surface area contributed by atoms with E-state index in [1.807, 2.05) is 6.08 Å². The molecule has 0 fully saturated rings. The van der Waals surface area contributed by atoms with Crippen LogP contribution < -0.4 is 10.6 Å². The normalized spacial score (nSPS) is 13.9. The minimum Gasteiger partial charge on any atom is -0.309 e. The lowest BCUT2D eigenvalue weighted by Gasteiger charge is -2.06. The van der Waals surface area contributed by atoms with Gasteiger partial charge in [0, 0.05) is 26.2 Å². The number of unbranched alkanes of at least 4 members (excludes halogenated alkanes) is 4. The Morgan fingerprint density at radius 2 is 1.51 bits per heavy atom. The van der Waals surface area contributed by atoms with Crippen LogP contribution in [0.5, 0.6) is 0 Å². The average Bonchev–Trinajstić information content (AvgIpc) is 2.82. The second-order valence-electron chi connectivity index (χ2n) is 7.93. The van der Waals surface area contributed by atoms with Gasteiger partial charge in [0.05, 0.1) is 5.57 Å². The van der Waals surface area contributed by atoms with Crippen molar-refractivity contribution >= 4 is 0 Å². The van der Waals surface area contributed by atoms with Gasteiger partial charge in [-0.2, -0.15) is 13.2 Å². The predicted molar refractivity (Wildman–Crippen MR) is 147 cm³/mol. The first-order valence-electron chi connectivity index (χ1n) is 12.3. The summed E-state index contributed by atoms with van der Waals surface area (Å²) in [6.45, 7) is 15.4. The molecule has 0 unspecified atom stereocenters. The van der Waals surface area contributed by atoms with E-state index >= 15 is 0 Å². The van der Waals surface area contributed by atoms with Gasteiger partial charge in [0.25, 0.3) is 0 Å².